The highest BCUT2D eigenvalue weighted by Crippen LogP contribution is 2.35. The van der Waals surface area contributed by atoms with Crippen molar-refractivity contribution in [3.63, 3.8) is 0 Å². The van der Waals surface area contributed by atoms with Gasteiger partial charge in [0.05, 0.1) is 32.5 Å². The lowest BCUT2D eigenvalue weighted by Gasteiger charge is -2.26. The van der Waals surface area contributed by atoms with Crippen LogP contribution in [0.4, 0.5) is 15.2 Å². The molecule has 0 aliphatic rings. The van der Waals surface area contributed by atoms with Gasteiger partial charge in [0, 0.05) is 23.7 Å². The summed E-state index contributed by atoms with van der Waals surface area (Å²) in [5.41, 5.74) is 1.43. The Kier molecular flexibility index (Phi) is 5.74. The predicted molar refractivity (Wildman–Crippen MR) is 125 cm³/mol. The summed E-state index contributed by atoms with van der Waals surface area (Å²) in [5.74, 6) is -0.678. The van der Waals surface area contributed by atoms with E-state index in [4.69, 9.17) is 11.6 Å². The summed E-state index contributed by atoms with van der Waals surface area (Å²) < 4.78 is 14.3. The third-order valence-corrected chi connectivity index (χ3v) is 6.32. The van der Waals surface area contributed by atoms with Crippen LogP contribution in [-0.2, 0) is 11.5 Å². The number of anilines is 2. The smallest absolute Gasteiger partial charge is 0.252 e. The van der Waals surface area contributed by atoms with Crippen molar-refractivity contribution in [1.29, 1.82) is 0 Å². The molecule has 0 spiro atoms. The second kappa shape index (κ2) is 8.36. The minimum absolute atomic E-state index is 0.296. The molecule has 0 saturated heterocycles. The molecule has 0 saturated carbocycles. The third kappa shape index (κ3) is 3.98. The summed E-state index contributed by atoms with van der Waals surface area (Å²) in [4.78, 5) is 29.5. The molecule has 0 bridgehead atoms. The number of carbonyl (C=O) groups is 2. The molecule has 11 heteroatoms. The van der Waals surface area contributed by atoms with Crippen molar-refractivity contribution in [2.24, 2.45) is 0 Å². The second-order valence-corrected chi connectivity index (χ2v) is 9.08. The number of carbonyl (C=O) groups excluding carboxylic acids is 2. The molecule has 166 valence electrons. The number of halogens is 2. The molecular formula is C21H20ClFN6O2S. The Labute approximate surface area is 191 Å². The Bertz CT molecular complexity index is 1350. The Morgan fingerprint density at radius 1 is 1.28 bits per heavy atom. The van der Waals surface area contributed by atoms with Crippen molar-refractivity contribution in [3.8, 4) is 0 Å². The van der Waals surface area contributed by atoms with E-state index in [-0.39, 0.29) is 11.8 Å². The van der Waals surface area contributed by atoms with Crippen LogP contribution in [0.25, 0.3) is 21.1 Å². The topological polar surface area (TPSA) is 112 Å². The first-order valence-corrected chi connectivity index (χ1v) is 10.9. The molecule has 0 fully saturated rings. The zero-order chi connectivity index (χ0) is 23.0. The number of nitrogens with one attached hydrogen (secondary N) is 4. The number of rotatable bonds is 6. The van der Waals surface area contributed by atoms with Gasteiger partial charge in [-0.3, -0.25) is 20.0 Å². The summed E-state index contributed by atoms with van der Waals surface area (Å²) in [6.45, 7) is 2.72. The molecule has 0 atom stereocenters. The van der Waals surface area contributed by atoms with Crippen LogP contribution in [-0.4, -0.2) is 39.6 Å². The monoisotopic (exact) mass is 474 g/mol. The lowest BCUT2D eigenvalue weighted by Crippen LogP contribution is -2.44. The first-order valence-electron chi connectivity index (χ1n) is 9.66. The number of H-pyrrole nitrogens is 1. The van der Waals surface area contributed by atoms with E-state index in [2.05, 4.69) is 31.1 Å². The molecule has 2 aromatic heterocycles. The number of fused-ring (bicyclic) bond motifs is 3. The van der Waals surface area contributed by atoms with Crippen molar-refractivity contribution in [3.05, 3.63) is 46.6 Å². The first-order chi connectivity index (χ1) is 15.2. The Hall–Kier alpha value is -3.24. The quantitative estimate of drug-likeness (QED) is 0.329. The molecule has 4 N–H and O–H groups in total. The van der Waals surface area contributed by atoms with Crippen LogP contribution in [0, 0.1) is 0 Å². The summed E-state index contributed by atoms with van der Waals surface area (Å²) >= 11 is 7.35. The van der Waals surface area contributed by atoms with Gasteiger partial charge in [0.15, 0.2) is 5.13 Å². The Morgan fingerprint density at radius 3 is 2.78 bits per heavy atom. The van der Waals surface area contributed by atoms with Crippen LogP contribution in [0.3, 0.4) is 0 Å². The molecule has 0 aliphatic carbocycles. The van der Waals surface area contributed by atoms with Gasteiger partial charge in [0.1, 0.15) is 12.2 Å². The zero-order valence-electron chi connectivity index (χ0n) is 17.5. The number of alkyl halides is 1. The van der Waals surface area contributed by atoms with Gasteiger partial charge in [-0.2, -0.15) is 5.10 Å². The molecule has 0 unspecified atom stereocenters. The number of hydrogen-bond donors (Lipinski definition) is 4. The van der Waals surface area contributed by atoms with Crippen LogP contribution < -0.4 is 16.0 Å². The molecule has 4 aromatic rings. The maximum Gasteiger partial charge on any atom is 0.252 e. The fourth-order valence-electron chi connectivity index (χ4n) is 3.29. The first kappa shape index (κ1) is 22.0. The predicted octanol–water partition coefficient (Wildman–Crippen LogP) is 4.48. The average molecular weight is 475 g/mol. The molecular weight excluding hydrogens is 455 g/mol. The molecule has 32 heavy (non-hydrogen) atoms. The number of hydrogen-bond acceptors (Lipinski definition) is 6. The van der Waals surface area contributed by atoms with E-state index < -0.39 is 12.2 Å². The van der Waals surface area contributed by atoms with Gasteiger partial charge >= 0.3 is 0 Å². The molecule has 2 amide bonds. The lowest BCUT2D eigenvalue weighted by atomic mass is 10.0. The highest BCUT2D eigenvalue weighted by molar-refractivity contribution is 7.23. The zero-order valence-corrected chi connectivity index (χ0v) is 19.0. The summed E-state index contributed by atoms with van der Waals surface area (Å²) in [6, 6.07) is 6.53. The summed E-state index contributed by atoms with van der Waals surface area (Å²) in [6.07, 6.45) is 1.65. The summed E-state index contributed by atoms with van der Waals surface area (Å²) in [5, 5.41) is 16.8. The number of aromatic amines is 1. The molecule has 8 nitrogen and oxygen atoms in total. The maximum atomic E-state index is 13.5. The van der Waals surface area contributed by atoms with Crippen LogP contribution in [0.2, 0.25) is 5.02 Å². The van der Waals surface area contributed by atoms with E-state index in [0.29, 0.717) is 38.0 Å². The molecule has 4 rings (SSSR count). The highest BCUT2D eigenvalue weighted by Gasteiger charge is 2.29. The van der Waals surface area contributed by atoms with Gasteiger partial charge in [-0.15, -0.1) is 0 Å². The van der Waals surface area contributed by atoms with Crippen molar-refractivity contribution in [1.82, 2.24) is 20.5 Å². The fraction of sp³-hybridized carbons (Fsp3) is 0.238. The lowest BCUT2D eigenvalue weighted by molar-refractivity contribution is -0.119. The van der Waals surface area contributed by atoms with Gasteiger partial charge < -0.3 is 10.6 Å². The molecule has 0 radical (unpaired) electrons. The highest BCUT2D eigenvalue weighted by atomic mass is 35.5. The second-order valence-electron chi connectivity index (χ2n) is 7.68. The summed E-state index contributed by atoms with van der Waals surface area (Å²) in [7, 11) is 1.51. The van der Waals surface area contributed by atoms with Gasteiger partial charge in [-0.05, 0) is 38.1 Å². The van der Waals surface area contributed by atoms with Crippen molar-refractivity contribution < 1.29 is 14.0 Å². The Morgan fingerprint density at radius 2 is 2.06 bits per heavy atom. The Balaban J connectivity index is 1.59. The number of benzene rings is 2. The van der Waals surface area contributed by atoms with Gasteiger partial charge in [0.25, 0.3) is 11.8 Å². The van der Waals surface area contributed by atoms with Gasteiger partial charge in [-0.25, -0.2) is 9.37 Å². The van der Waals surface area contributed by atoms with Crippen molar-refractivity contribution in [2.75, 3.05) is 17.7 Å². The van der Waals surface area contributed by atoms with Crippen molar-refractivity contribution in [2.45, 2.75) is 26.1 Å². The van der Waals surface area contributed by atoms with E-state index in [1.165, 1.54) is 18.4 Å². The van der Waals surface area contributed by atoms with Crippen LogP contribution in [0.1, 0.15) is 29.8 Å². The van der Waals surface area contributed by atoms with Crippen LogP contribution in [0.15, 0.2) is 30.5 Å². The van der Waals surface area contributed by atoms with Crippen LogP contribution in [0.5, 0.6) is 0 Å². The van der Waals surface area contributed by atoms with Crippen LogP contribution >= 0.6 is 22.9 Å². The standard InChI is InChI=1S/C21H20ClFN6O2S/c1-21(2,28-11-4-5-14(22)12(7-11)18(30)24-3)19(31)27-20-26-16-10(8-23)6-15-13(9-25-29-15)17(16)32-20/h4-7,9,28H,8H2,1-3H3,(H,24,30)(H,25,29)(H,26,27,31). The van der Waals surface area contributed by atoms with E-state index >= 15 is 0 Å². The maximum absolute atomic E-state index is 13.5. The minimum atomic E-state index is -1.06. The van der Waals surface area contributed by atoms with E-state index in [9.17, 15) is 14.0 Å². The average Bonchev–Trinajstić information content (AvgIpc) is 3.40. The van der Waals surface area contributed by atoms with Gasteiger partial charge in [0.2, 0.25) is 0 Å². The SMILES string of the molecule is CNC(=O)c1cc(NC(C)(C)C(=O)Nc2nc3c(CF)cc4[nH]ncc4c3s2)ccc1Cl. The van der Waals surface area contributed by atoms with E-state index in [0.717, 1.165) is 10.1 Å². The third-order valence-electron chi connectivity index (χ3n) is 4.99. The fourth-order valence-corrected chi connectivity index (χ4v) is 4.51. The number of aromatic nitrogens is 3. The van der Waals surface area contributed by atoms with Gasteiger partial charge in [-0.1, -0.05) is 22.9 Å². The molecule has 2 aromatic carbocycles. The number of amides is 2. The van der Waals surface area contributed by atoms with Crippen molar-refractivity contribution >= 4 is 66.7 Å². The normalized spacial score (nSPS) is 11.7. The number of thiazole rings is 1. The van der Waals surface area contributed by atoms with E-state index in [1.54, 1.807) is 44.3 Å². The largest absolute Gasteiger partial charge is 0.372 e. The number of nitrogens with zero attached hydrogens (tertiary/aromatic N) is 2. The minimum Gasteiger partial charge on any atom is -0.372 e. The molecule has 2 heterocycles. The van der Waals surface area contributed by atoms with E-state index in [1.807, 2.05) is 0 Å². The molecule has 0 aliphatic heterocycles.